The third-order valence-corrected chi connectivity index (χ3v) is 16.2. The van der Waals surface area contributed by atoms with Gasteiger partial charge in [0.25, 0.3) is 0 Å². The summed E-state index contributed by atoms with van der Waals surface area (Å²) in [6.07, 6.45) is 0. The third-order valence-electron chi connectivity index (χ3n) is 15.0. The molecule has 0 unspecified atom stereocenters. The van der Waals surface area contributed by atoms with Crippen LogP contribution in [-0.4, -0.2) is 0 Å². The highest BCUT2D eigenvalue weighted by Crippen LogP contribution is 2.63. The maximum Gasteiger partial charge on any atom is 0.0720 e. The maximum absolute atomic E-state index is 2.53. The molecule has 300 valence electrons. The summed E-state index contributed by atoms with van der Waals surface area (Å²) in [7, 11) is 0. The molecule has 1 heterocycles. The lowest BCUT2D eigenvalue weighted by Crippen LogP contribution is -2.40. The average Bonchev–Trinajstić information content (AvgIpc) is 3.93. The van der Waals surface area contributed by atoms with E-state index in [0.717, 1.165) is 17.1 Å². The van der Waals surface area contributed by atoms with Gasteiger partial charge in [0.2, 0.25) is 0 Å². The number of hydrogen-bond donors (Lipinski definition) is 0. The Balaban J connectivity index is 1.04. The van der Waals surface area contributed by atoms with Crippen LogP contribution in [0.2, 0.25) is 0 Å². The molecule has 9 aromatic carbocycles. The van der Waals surface area contributed by atoms with Crippen LogP contribution in [-0.2, 0) is 16.2 Å². The SMILES string of the molecule is CC1(C)c2ccccc2-c2ccc(N(c3ccc(-c4cccc5c4sc4ccccc45)cc3)c3ccc4c(c3)C3(c5ccccc5-4)c4ccccc4C(C)(C)c4ccccc43)cc21. The van der Waals surface area contributed by atoms with Gasteiger partial charge in [0.05, 0.1) is 5.41 Å². The molecule has 2 heteroatoms. The molecule has 3 aliphatic rings. The third kappa shape index (κ3) is 4.88. The highest BCUT2D eigenvalue weighted by molar-refractivity contribution is 7.26. The standard InChI is InChI=1S/C61H45NS/c1-59(2)49-21-8-5-16-43(49)45-34-32-40(36-55(45)59)62(39-30-28-38(29-31-39)42-19-15-20-48-47-18-7-14-27-57(47)63-58(42)48)41-33-35-46-44-17-6-9-22-50(44)61(56(46)37-41)53-25-12-10-23-51(53)60(3,4)52-24-11-13-26-54(52)61/h5-37H,1-4H3. The van der Waals surface area contributed by atoms with Gasteiger partial charge in [-0.05, 0) is 120 Å². The van der Waals surface area contributed by atoms with E-state index in [-0.39, 0.29) is 10.8 Å². The maximum atomic E-state index is 2.53. The van der Waals surface area contributed by atoms with Crippen molar-refractivity contribution in [2.75, 3.05) is 4.90 Å². The number of nitrogens with zero attached hydrogens (tertiary/aromatic N) is 1. The van der Waals surface area contributed by atoms with Gasteiger partial charge in [0, 0.05) is 48.1 Å². The van der Waals surface area contributed by atoms with Crippen LogP contribution in [0.5, 0.6) is 0 Å². The fourth-order valence-electron chi connectivity index (χ4n) is 12.0. The molecule has 0 amide bonds. The molecule has 63 heavy (non-hydrogen) atoms. The highest BCUT2D eigenvalue weighted by atomic mass is 32.1. The lowest BCUT2D eigenvalue weighted by Gasteiger charge is -2.46. The molecule has 1 nitrogen and oxygen atoms in total. The summed E-state index contributed by atoms with van der Waals surface area (Å²) in [6.45, 7) is 9.56. The summed E-state index contributed by atoms with van der Waals surface area (Å²) in [5.74, 6) is 0. The van der Waals surface area contributed by atoms with Gasteiger partial charge < -0.3 is 4.90 Å². The zero-order chi connectivity index (χ0) is 42.2. The van der Waals surface area contributed by atoms with Crippen LogP contribution < -0.4 is 4.90 Å². The Morgan fingerprint density at radius 3 is 1.48 bits per heavy atom. The van der Waals surface area contributed by atoms with Crippen molar-refractivity contribution in [1.82, 2.24) is 0 Å². The van der Waals surface area contributed by atoms with E-state index < -0.39 is 5.41 Å². The van der Waals surface area contributed by atoms with Gasteiger partial charge in [-0.1, -0.05) is 185 Å². The normalized spacial score (nSPS) is 15.4. The van der Waals surface area contributed by atoms with Gasteiger partial charge in [-0.15, -0.1) is 11.3 Å². The summed E-state index contributed by atoms with van der Waals surface area (Å²) >= 11 is 1.89. The van der Waals surface area contributed by atoms with E-state index in [1.807, 2.05) is 11.3 Å². The van der Waals surface area contributed by atoms with Crippen LogP contribution in [0.4, 0.5) is 17.1 Å². The van der Waals surface area contributed by atoms with Crippen molar-refractivity contribution in [3.63, 3.8) is 0 Å². The van der Waals surface area contributed by atoms with Crippen molar-refractivity contribution in [3.8, 4) is 33.4 Å². The number of fused-ring (bicyclic) bond motifs is 15. The fourth-order valence-corrected chi connectivity index (χ4v) is 13.3. The van der Waals surface area contributed by atoms with Crippen molar-refractivity contribution in [2.45, 2.75) is 43.9 Å². The lowest BCUT2D eigenvalue weighted by molar-refractivity contribution is 0.563. The molecule has 10 aromatic rings. The first-order chi connectivity index (χ1) is 30.8. The molecule has 1 spiro atoms. The highest BCUT2D eigenvalue weighted by Gasteiger charge is 2.53. The summed E-state index contributed by atoms with van der Waals surface area (Å²) in [5, 5.41) is 2.65. The molecule has 1 aromatic heterocycles. The van der Waals surface area contributed by atoms with E-state index in [1.165, 1.54) is 98.1 Å². The minimum atomic E-state index is -0.481. The topological polar surface area (TPSA) is 3.24 Å². The molecule has 0 N–H and O–H groups in total. The van der Waals surface area contributed by atoms with E-state index in [4.69, 9.17) is 0 Å². The molecule has 0 bridgehead atoms. The van der Waals surface area contributed by atoms with Gasteiger partial charge in [-0.2, -0.15) is 0 Å². The zero-order valence-electron chi connectivity index (χ0n) is 35.9. The van der Waals surface area contributed by atoms with Crippen molar-refractivity contribution in [1.29, 1.82) is 0 Å². The fraction of sp³-hybridized carbons (Fsp3) is 0.115. The Morgan fingerprint density at radius 1 is 0.333 bits per heavy atom. The predicted octanol–water partition coefficient (Wildman–Crippen LogP) is 16.5. The molecule has 0 radical (unpaired) electrons. The van der Waals surface area contributed by atoms with E-state index in [1.54, 1.807) is 0 Å². The quantitative estimate of drug-likeness (QED) is 0.171. The molecule has 0 atom stereocenters. The van der Waals surface area contributed by atoms with Crippen LogP contribution in [0.3, 0.4) is 0 Å². The van der Waals surface area contributed by atoms with Crippen molar-refractivity contribution in [3.05, 3.63) is 245 Å². The van der Waals surface area contributed by atoms with E-state index in [2.05, 4.69) is 233 Å². The first kappa shape index (κ1) is 36.6. The first-order valence-electron chi connectivity index (χ1n) is 22.3. The van der Waals surface area contributed by atoms with Crippen molar-refractivity contribution in [2.24, 2.45) is 0 Å². The van der Waals surface area contributed by atoms with E-state index in [9.17, 15) is 0 Å². The smallest absolute Gasteiger partial charge is 0.0720 e. The molecular weight excluding hydrogens is 779 g/mol. The van der Waals surface area contributed by atoms with Crippen molar-refractivity contribution < 1.29 is 0 Å². The van der Waals surface area contributed by atoms with Crippen molar-refractivity contribution >= 4 is 48.6 Å². The summed E-state index contributed by atoms with van der Waals surface area (Å²) in [6, 6.07) is 75.9. The number of benzene rings is 9. The molecule has 0 aliphatic heterocycles. The van der Waals surface area contributed by atoms with Gasteiger partial charge in [0.15, 0.2) is 0 Å². The van der Waals surface area contributed by atoms with E-state index in [0.29, 0.717) is 0 Å². The van der Waals surface area contributed by atoms with Gasteiger partial charge in [-0.25, -0.2) is 0 Å². The molecule has 0 saturated heterocycles. The van der Waals surface area contributed by atoms with Crippen LogP contribution in [0.1, 0.15) is 72.2 Å². The Hall–Kier alpha value is -7.00. The Labute approximate surface area is 373 Å². The Kier molecular flexibility index (Phi) is 7.57. The number of rotatable bonds is 4. The van der Waals surface area contributed by atoms with Gasteiger partial charge in [-0.3, -0.25) is 0 Å². The second-order valence-corrected chi connectivity index (χ2v) is 19.9. The minimum absolute atomic E-state index is 0.133. The molecule has 3 aliphatic carbocycles. The summed E-state index contributed by atoms with van der Waals surface area (Å²) in [4.78, 5) is 2.50. The molecule has 0 saturated carbocycles. The predicted molar refractivity (Wildman–Crippen MR) is 266 cm³/mol. The molecule has 0 fully saturated rings. The Bertz CT molecular complexity index is 3480. The minimum Gasteiger partial charge on any atom is -0.310 e. The number of hydrogen-bond acceptors (Lipinski definition) is 2. The van der Waals surface area contributed by atoms with E-state index >= 15 is 0 Å². The van der Waals surface area contributed by atoms with Crippen LogP contribution in [0, 0.1) is 0 Å². The van der Waals surface area contributed by atoms with Gasteiger partial charge >= 0.3 is 0 Å². The van der Waals surface area contributed by atoms with Crippen LogP contribution in [0.25, 0.3) is 53.6 Å². The Morgan fingerprint density at radius 2 is 0.794 bits per heavy atom. The molecule has 13 rings (SSSR count). The largest absolute Gasteiger partial charge is 0.310 e. The monoisotopic (exact) mass is 823 g/mol. The first-order valence-corrected chi connectivity index (χ1v) is 23.1. The molecular formula is C61H45NS. The zero-order valence-corrected chi connectivity index (χ0v) is 36.7. The van der Waals surface area contributed by atoms with Crippen LogP contribution >= 0.6 is 11.3 Å². The average molecular weight is 824 g/mol. The second-order valence-electron chi connectivity index (χ2n) is 18.8. The number of anilines is 3. The summed E-state index contributed by atoms with van der Waals surface area (Å²) < 4.78 is 2.66. The summed E-state index contributed by atoms with van der Waals surface area (Å²) in [5.41, 5.74) is 21.4. The van der Waals surface area contributed by atoms with Crippen LogP contribution in [0.15, 0.2) is 200 Å². The van der Waals surface area contributed by atoms with Gasteiger partial charge in [0.1, 0.15) is 0 Å². The number of thiophene rings is 1. The second kappa shape index (κ2) is 13.0. The lowest BCUT2D eigenvalue weighted by atomic mass is 9.55.